The second-order valence-electron chi connectivity index (χ2n) is 3.92. The topological polar surface area (TPSA) is 23.8 Å². The van der Waals surface area contributed by atoms with Gasteiger partial charge >= 0.3 is 0 Å². The summed E-state index contributed by atoms with van der Waals surface area (Å²) in [6.45, 7) is 2.12. The van der Waals surface area contributed by atoms with Crippen molar-refractivity contribution in [3.63, 3.8) is 0 Å². The third-order valence-corrected chi connectivity index (χ3v) is 2.98. The SMILES string of the molecule is CSCc1ccc(CC(C)CC#N)cc1. The first-order valence-electron chi connectivity index (χ1n) is 5.20. The molecule has 0 N–H and O–H groups in total. The Hall–Kier alpha value is -0.940. The van der Waals surface area contributed by atoms with Crippen LogP contribution in [-0.2, 0) is 12.2 Å². The van der Waals surface area contributed by atoms with E-state index in [0.29, 0.717) is 12.3 Å². The van der Waals surface area contributed by atoms with Crippen LogP contribution in [0.5, 0.6) is 0 Å². The van der Waals surface area contributed by atoms with Crippen molar-refractivity contribution in [1.29, 1.82) is 5.26 Å². The Morgan fingerprint density at radius 2 is 1.87 bits per heavy atom. The van der Waals surface area contributed by atoms with Crippen LogP contribution >= 0.6 is 11.8 Å². The van der Waals surface area contributed by atoms with Crippen molar-refractivity contribution in [3.8, 4) is 6.07 Å². The highest BCUT2D eigenvalue weighted by Crippen LogP contribution is 2.14. The predicted octanol–water partition coefficient (Wildman–Crippen LogP) is 3.64. The molecular weight excluding hydrogens is 202 g/mol. The molecular formula is C13H17NS. The minimum atomic E-state index is 0.460. The van der Waals surface area contributed by atoms with Crippen molar-refractivity contribution in [1.82, 2.24) is 0 Å². The Morgan fingerprint density at radius 3 is 2.40 bits per heavy atom. The normalized spacial score (nSPS) is 12.1. The molecule has 0 spiro atoms. The van der Waals surface area contributed by atoms with Crippen LogP contribution in [-0.4, -0.2) is 6.26 Å². The zero-order valence-corrected chi connectivity index (χ0v) is 10.2. The van der Waals surface area contributed by atoms with Crippen LogP contribution in [0.4, 0.5) is 0 Å². The summed E-state index contributed by atoms with van der Waals surface area (Å²) in [5.74, 6) is 1.54. The van der Waals surface area contributed by atoms with Gasteiger partial charge in [0, 0.05) is 12.2 Å². The van der Waals surface area contributed by atoms with Crippen LogP contribution in [0.25, 0.3) is 0 Å². The van der Waals surface area contributed by atoms with Gasteiger partial charge in [0.25, 0.3) is 0 Å². The zero-order chi connectivity index (χ0) is 11.1. The number of hydrogen-bond acceptors (Lipinski definition) is 2. The van der Waals surface area contributed by atoms with Gasteiger partial charge in [-0.2, -0.15) is 17.0 Å². The minimum Gasteiger partial charge on any atom is -0.198 e. The summed E-state index contributed by atoms with van der Waals surface area (Å²) in [4.78, 5) is 0. The van der Waals surface area contributed by atoms with Crippen molar-refractivity contribution >= 4 is 11.8 Å². The number of nitrogens with zero attached hydrogens (tertiary/aromatic N) is 1. The zero-order valence-electron chi connectivity index (χ0n) is 9.36. The number of thioether (sulfide) groups is 1. The van der Waals surface area contributed by atoms with Gasteiger partial charge < -0.3 is 0 Å². The molecule has 1 aromatic rings. The molecule has 15 heavy (non-hydrogen) atoms. The minimum absolute atomic E-state index is 0.460. The quantitative estimate of drug-likeness (QED) is 0.755. The lowest BCUT2D eigenvalue weighted by Gasteiger charge is -2.07. The lowest BCUT2D eigenvalue weighted by Crippen LogP contribution is -1.98. The van der Waals surface area contributed by atoms with Crippen molar-refractivity contribution < 1.29 is 0 Å². The third-order valence-electron chi connectivity index (χ3n) is 2.36. The lowest BCUT2D eigenvalue weighted by molar-refractivity contribution is 0.596. The van der Waals surface area contributed by atoms with Crippen LogP contribution in [0.1, 0.15) is 24.5 Å². The Bertz CT molecular complexity index is 323. The molecule has 0 aromatic heterocycles. The Balaban J connectivity index is 2.53. The van der Waals surface area contributed by atoms with Gasteiger partial charge in [0.2, 0.25) is 0 Å². The summed E-state index contributed by atoms with van der Waals surface area (Å²) in [5, 5.41) is 8.58. The summed E-state index contributed by atoms with van der Waals surface area (Å²) >= 11 is 1.84. The van der Waals surface area contributed by atoms with Gasteiger partial charge in [0.15, 0.2) is 0 Å². The van der Waals surface area contributed by atoms with Crippen molar-refractivity contribution in [3.05, 3.63) is 35.4 Å². The van der Waals surface area contributed by atoms with E-state index in [-0.39, 0.29) is 0 Å². The highest BCUT2D eigenvalue weighted by Gasteiger charge is 2.02. The second kappa shape index (κ2) is 6.53. The molecule has 0 heterocycles. The fourth-order valence-corrected chi connectivity index (χ4v) is 2.09. The Labute approximate surface area is 96.5 Å². The fourth-order valence-electron chi connectivity index (χ4n) is 1.57. The maximum Gasteiger partial charge on any atom is 0.0624 e. The van der Waals surface area contributed by atoms with E-state index in [1.165, 1.54) is 11.1 Å². The first kappa shape index (κ1) is 12.1. The Kier molecular flexibility index (Phi) is 5.28. The van der Waals surface area contributed by atoms with Crippen molar-refractivity contribution in [2.24, 2.45) is 5.92 Å². The largest absolute Gasteiger partial charge is 0.198 e. The van der Waals surface area contributed by atoms with Crippen LogP contribution in [0.15, 0.2) is 24.3 Å². The number of hydrogen-bond donors (Lipinski definition) is 0. The molecule has 1 nitrogen and oxygen atoms in total. The van der Waals surface area contributed by atoms with Gasteiger partial charge in [-0.3, -0.25) is 0 Å². The maximum absolute atomic E-state index is 8.58. The molecule has 1 atom stereocenters. The summed E-state index contributed by atoms with van der Waals surface area (Å²) in [5.41, 5.74) is 2.71. The second-order valence-corrected chi connectivity index (χ2v) is 4.79. The molecule has 0 aliphatic carbocycles. The van der Waals surface area contributed by atoms with E-state index >= 15 is 0 Å². The van der Waals surface area contributed by atoms with Crippen LogP contribution in [0, 0.1) is 17.2 Å². The third kappa shape index (κ3) is 4.40. The molecule has 0 bridgehead atoms. The molecule has 0 saturated carbocycles. The van der Waals surface area contributed by atoms with Gasteiger partial charge in [-0.05, 0) is 29.7 Å². The first-order chi connectivity index (χ1) is 7.26. The average molecular weight is 219 g/mol. The van der Waals surface area contributed by atoms with Crippen LogP contribution in [0.2, 0.25) is 0 Å². The number of rotatable bonds is 5. The molecule has 2 heteroatoms. The van der Waals surface area contributed by atoms with E-state index in [9.17, 15) is 0 Å². The lowest BCUT2D eigenvalue weighted by atomic mass is 9.98. The molecule has 0 radical (unpaired) electrons. The highest BCUT2D eigenvalue weighted by atomic mass is 32.2. The summed E-state index contributed by atoms with van der Waals surface area (Å²) in [7, 11) is 0. The predicted molar refractivity (Wildman–Crippen MR) is 66.8 cm³/mol. The van der Waals surface area contributed by atoms with Crippen LogP contribution in [0.3, 0.4) is 0 Å². The molecule has 0 aliphatic heterocycles. The first-order valence-corrected chi connectivity index (χ1v) is 6.59. The molecule has 1 aromatic carbocycles. The van der Waals surface area contributed by atoms with E-state index in [0.717, 1.165) is 12.2 Å². The monoisotopic (exact) mass is 219 g/mol. The molecule has 0 saturated heterocycles. The molecule has 1 unspecified atom stereocenters. The maximum atomic E-state index is 8.58. The molecule has 0 fully saturated rings. The van der Waals surface area contributed by atoms with Crippen molar-refractivity contribution in [2.75, 3.05) is 6.26 Å². The van der Waals surface area contributed by atoms with Gasteiger partial charge in [0.1, 0.15) is 0 Å². The summed E-state index contributed by atoms with van der Waals surface area (Å²) < 4.78 is 0. The van der Waals surface area contributed by atoms with Crippen LogP contribution < -0.4 is 0 Å². The molecule has 1 rings (SSSR count). The summed E-state index contributed by atoms with van der Waals surface area (Å²) in [6.07, 6.45) is 3.77. The smallest absolute Gasteiger partial charge is 0.0624 e. The van der Waals surface area contributed by atoms with E-state index in [1.54, 1.807) is 0 Å². The number of nitriles is 1. The highest BCUT2D eigenvalue weighted by molar-refractivity contribution is 7.97. The van der Waals surface area contributed by atoms with Gasteiger partial charge in [0.05, 0.1) is 6.07 Å². The molecule has 80 valence electrons. The van der Waals surface area contributed by atoms with Crippen molar-refractivity contribution in [2.45, 2.75) is 25.5 Å². The number of benzene rings is 1. The van der Waals surface area contributed by atoms with E-state index in [1.807, 2.05) is 11.8 Å². The van der Waals surface area contributed by atoms with Gasteiger partial charge in [-0.25, -0.2) is 0 Å². The van der Waals surface area contributed by atoms with Gasteiger partial charge in [-0.1, -0.05) is 31.2 Å². The molecule has 0 aliphatic rings. The molecule has 0 amide bonds. The summed E-state index contributed by atoms with van der Waals surface area (Å²) in [6, 6.07) is 10.9. The standard InChI is InChI=1S/C13H17NS/c1-11(7-8-14)9-12-3-5-13(6-4-12)10-15-2/h3-6,11H,7,9-10H2,1-2H3. The average Bonchev–Trinajstić information content (AvgIpc) is 2.22. The van der Waals surface area contributed by atoms with Gasteiger partial charge in [-0.15, -0.1) is 0 Å². The van der Waals surface area contributed by atoms with E-state index < -0.39 is 0 Å². The Morgan fingerprint density at radius 1 is 1.27 bits per heavy atom. The van der Waals surface area contributed by atoms with E-state index in [4.69, 9.17) is 5.26 Å². The fraction of sp³-hybridized carbons (Fsp3) is 0.462. The van der Waals surface area contributed by atoms with E-state index in [2.05, 4.69) is 43.5 Å².